The summed E-state index contributed by atoms with van der Waals surface area (Å²) < 4.78 is 44.5. The van der Waals surface area contributed by atoms with Crippen molar-refractivity contribution in [2.24, 2.45) is 5.90 Å². The summed E-state index contributed by atoms with van der Waals surface area (Å²) in [6.45, 7) is 0.728. The molecule has 0 unspecified atom stereocenters. The summed E-state index contributed by atoms with van der Waals surface area (Å²) in [5.74, 6) is 4.98. The lowest BCUT2D eigenvalue weighted by molar-refractivity contribution is -0.274. The summed E-state index contributed by atoms with van der Waals surface area (Å²) in [7, 11) is 0. The Morgan fingerprint density at radius 1 is 1.00 bits per heavy atom. The van der Waals surface area contributed by atoms with Gasteiger partial charge >= 0.3 is 6.36 Å². The molecule has 0 spiro atoms. The molecule has 104 valence electrons. The molecule has 1 rings (SSSR count). The molecule has 0 bridgehead atoms. The van der Waals surface area contributed by atoms with E-state index in [0.29, 0.717) is 25.4 Å². The van der Waals surface area contributed by atoms with Crippen molar-refractivity contribution in [1.29, 1.82) is 0 Å². The molecule has 0 saturated heterocycles. The van der Waals surface area contributed by atoms with Crippen LogP contribution in [0.2, 0.25) is 0 Å². The van der Waals surface area contributed by atoms with Gasteiger partial charge in [-0.25, -0.2) is 5.90 Å². The first-order valence-electron chi connectivity index (χ1n) is 4.81. The smallest absolute Gasteiger partial charge is 0.494 e. The highest BCUT2D eigenvalue weighted by atomic mass is 35.5. The third-order valence-corrected chi connectivity index (χ3v) is 1.73. The molecule has 0 heterocycles. The number of halogens is 4. The first-order chi connectivity index (χ1) is 8.01. The zero-order chi connectivity index (χ0) is 12.7. The van der Waals surface area contributed by atoms with E-state index in [0.717, 1.165) is 0 Å². The highest BCUT2D eigenvalue weighted by Crippen LogP contribution is 2.24. The molecule has 0 atom stereocenters. The maximum atomic E-state index is 11.9. The van der Waals surface area contributed by atoms with Crippen LogP contribution >= 0.6 is 12.4 Å². The quantitative estimate of drug-likeness (QED) is 0.645. The second-order valence-corrected chi connectivity index (χ2v) is 3.09. The molecule has 0 radical (unpaired) electrons. The van der Waals surface area contributed by atoms with Crippen LogP contribution < -0.4 is 15.4 Å². The van der Waals surface area contributed by atoms with Gasteiger partial charge in [0.25, 0.3) is 0 Å². The Morgan fingerprint density at radius 2 is 1.56 bits per heavy atom. The lowest BCUT2D eigenvalue weighted by Gasteiger charge is -2.09. The van der Waals surface area contributed by atoms with Crippen LogP contribution in [0.1, 0.15) is 6.42 Å². The molecule has 4 nitrogen and oxygen atoms in total. The Labute approximate surface area is 108 Å². The molecule has 0 aliphatic carbocycles. The predicted octanol–water partition coefficient (Wildman–Crippen LogP) is 2.67. The number of ether oxygens (including phenoxy) is 2. The van der Waals surface area contributed by atoms with E-state index < -0.39 is 6.36 Å². The minimum absolute atomic E-state index is 0. The van der Waals surface area contributed by atoms with Crippen molar-refractivity contribution in [3.8, 4) is 11.5 Å². The fourth-order valence-corrected chi connectivity index (χ4v) is 1.07. The minimum atomic E-state index is -4.68. The van der Waals surface area contributed by atoms with Gasteiger partial charge in [-0.05, 0) is 24.3 Å². The molecule has 0 amide bonds. The number of alkyl halides is 3. The van der Waals surface area contributed by atoms with Crippen LogP contribution in [0, 0.1) is 0 Å². The van der Waals surface area contributed by atoms with E-state index in [1.165, 1.54) is 24.3 Å². The van der Waals surface area contributed by atoms with Gasteiger partial charge in [-0.15, -0.1) is 25.6 Å². The molecule has 0 aliphatic rings. The van der Waals surface area contributed by atoms with Gasteiger partial charge in [-0.1, -0.05) is 0 Å². The fraction of sp³-hybridized carbons (Fsp3) is 0.400. The van der Waals surface area contributed by atoms with Gasteiger partial charge in [-0.3, -0.25) is 0 Å². The van der Waals surface area contributed by atoms with E-state index in [2.05, 4.69) is 9.57 Å². The molecule has 0 aliphatic heterocycles. The van der Waals surface area contributed by atoms with E-state index >= 15 is 0 Å². The third-order valence-electron chi connectivity index (χ3n) is 1.73. The Bertz CT molecular complexity index is 332. The molecule has 0 aromatic heterocycles. The number of hydrogen-bond donors (Lipinski definition) is 1. The SMILES string of the molecule is Cl.NOCCCOc1ccc(OC(F)(F)F)cc1. The molecular weight excluding hydrogens is 275 g/mol. The van der Waals surface area contributed by atoms with Gasteiger partial charge in [-0.2, -0.15) is 0 Å². The van der Waals surface area contributed by atoms with Crippen molar-refractivity contribution >= 4 is 12.4 Å². The van der Waals surface area contributed by atoms with Crippen LogP contribution in [0.5, 0.6) is 11.5 Å². The van der Waals surface area contributed by atoms with Gasteiger partial charge < -0.3 is 14.3 Å². The molecule has 0 saturated carbocycles. The van der Waals surface area contributed by atoms with E-state index in [-0.39, 0.29) is 18.2 Å². The third kappa shape index (κ3) is 7.21. The maximum absolute atomic E-state index is 11.9. The van der Waals surface area contributed by atoms with Gasteiger partial charge in [0.05, 0.1) is 13.2 Å². The van der Waals surface area contributed by atoms with E-state index in [4.69, 9.17) is 10.6 Å². The van der Waals surface area contributed by atoms with Crippen LogP contribution in [0.15, 0.2) is 24.3 Å². The molecule has 2 N–H and O–H groups in total. The predicted molar refractivity (Wildman–Crippen MR) is 60.6 cm³/mol. The zero-order valence-electron chi connectivity index (χ0n) is 9.27. The second-order valence-electron chi connectivity index (χ2n) is 3.09. The van der Waals surface area contributed by atoms with Gasteiger partial charge in [0, 0.05) is 6.42 Å². The lowest BCUT2D eigenvalue weighted by atomic mass is 10.3. The van der Waals surface area contributed by atoms with Crippen molar-refractivity contribution in [1.82, 2.24) is 0 Å². The average Bonchev–Trinajstić information content (AvgIpc) is 2.25. The normalized spacial score (nSPS) is 10.7. The Kier molecular flexibility index (Phi) is 7.49. The molecule has 8 heteroatoms. The topological polar surface area (TPSA) is 53.7 Å². The average molecular weight is 288 g/mol. The lowest BCUT2D eigenvalue weighted by Crippen LogP contribution is -2.17. The van der Waals surface area contributed by atoms with Gasteiger partial charge in [0.15, 0.2) is 0 Å². The van der Waals surface area contributed by atoms with Gasteiger partial charge in [0.2, 0.25) is 0 Å². The summed E-state index contributed by atoms with van der Waals surface area (Å²) in [6, 6.07) is 5.15. The first-order valence-corrected chi connectivity index (χ1v) is 4.81. The van der Waals surface area contributed by atoms with Crippen molar-refractivity contribution in [2.75, 3.05) is 13.2 Å². The minimum Gasteiger partial charge on any atom is -0.494 e. The molecule has 1 aromatic carbocycles. The van der Waals surface area contributed by atoms with Crippen molar-refractivity contribution < 1.29 is 27.5 Å². The number of rotatable bonds is 6. The second kappa shape index (κ2) is 8.02. The van der Waals surface area contributed by atoms with Crippen LogP contribution in [0.4, 0.5) is 13.2 Å². The summed E-state index contributed by atoms with van der Waals surface area (Å²) in [5, 5.41) is 0. The van der Waals surface area contributed by atoms with Crippen LogP contribution in [0.25, 0.3) is 0 Å². The maximum Gasteiger partial charge on any atom is 0.573 e. The molecule has 1 aromatic rings. The Morgan fingerprint density at radius 3 is 2.06 bits per heavy atom. The van der Waals surface area contributed by atoms with E-state index in [9.17, 15) is 13.2 Å². The van der Waals surface area contributed by atoms with Crippen LogP contribution in [-0.2, 0) is 4.84 Å². The summed E-state index contributed by atoms with van der Waals surface area (Å²) in [6.07, 6.45) is -4.09. The number of hydrogen-bond acceptors (Lipinski definition) is 4. The largest absolute Gasteiger partial charge is 0.573 e. The van der Waals surface area contributed by atoms with E-state index in [1.807, 2.05) is 0 Å². The molecular formula is C10H13ClF3NO3. The fourth-order valence-electron chi connectivity index (χ4n) is 1.07. The number of benzene rings is 1. The van der Waals surface area contributed by atoms with Crippen LogP contribution in [-0.4, -0.2) is 19.6 Å². The zero-order valence-corrected chi connectivity index (χ0v) is 10.1. The van der Waals surface area contributed by atoms with Crippen molar-refractivity contribution in [3.05, 3.63) is 24.3 Å². The monoisotopic (exact) mass is 287 g/mol. The summed E-state index contributed by atoms with van der Waals surface area (Å²) >= 11 is 0. The molecule has 18 heavy (non-hydrogen) atoms. The van der Waals surface area contributed by atoms with Crippen LogP contribution in [0.3, 0.4) is 0 Å². The van der Waals surface area contributed by atoms with Crippen molar-refractivity contribution in [3.63, 3.8) is 0 Å². The van der Waals surface area contributed by atoms with E-state index in [1.54, 1.807) is 0 Å². The number of nitrogens with two attached hydrogens (primary N) is 1. The highest BCUT2D eigenvalue weighted by Gasteiger charge is 2.30. The first kappa shape index (κ1) is 16.8. The molecule has 0 fully saturated rings. The van der Waals surface area contributed by atoms with Gasteiger partial charge in [0.1, 0.15) is 11.5 Å². The standard InChI is InChI=1S/C10H12F3NO3.ClH/c11-10(12,13)17-9-4-2-8(3-5-9)15-6-1-7-16-14;/h2-5H,1,6-7,14H2;1H. The summed E-state index contributed by atoms with van der Waals surface area (Å²) in [5.41, 5.74) is 0. The Balaban J connectivity index is 0.00000289. The van der Waals surface area contributed by atoms with Crippen molar-refractivity contribution in [2.45, 2.75) is 12.8 Å². The highest BCUT2D eigenvalue weighted by molar-refractivity contribution is 5.85. The summed E-state index contributed by atoms with van der Waals surface area (Å²) in [4.78, 5) is 4.33. The Hall–Kier alpha value is -1.18.